The van der Waals surface area contributed by atoms with Gasteiger partial charge in [0.05, 0.1) is 17.3 Å². The molecule has 3 rings (SSSR count). The number of likely N-dealkylation sites (tertiary alicyclic amines) is 1. The van der Waals surface area contributed by atoms with Gasteiger partial charge in [0.1, 0.15) is 5.82 Å². The van der Waals surface area contributed by atoms with Crippen LogP contribution in [0, 0.1) is 17.1 Å². The third-order valence-electron chi connectivity index (χ3n) is 5.18. The molecule has 2 fully saturated rings. The van der Waals surface area contributed by atoms with Crippen LogP contribution < -0.4 is 4.90 Å². The lowest BCUT2D eigenvalue weighted by molar-refractivity contribution is 0.124. The van der Waals surface area contributed by atoms with Gasteiger partial charge in [0.15, 0.2) is 0 Å². The fraction of sp³-hybridized carbons (Fsp3) is 0.611. The van der Waals surface area contributed by atoms with Gasteiger partial charge < -0.3 is 9.80 Å². The third kappa shape index (κ3) is 3.82. The first kappa shape index (κ1) is 16.2. The van der Waals surface area contributed by atoms with E-state index in [0.29, 0.717) is 17.3 Å². The minimum atomic E-state index is -0.287. The summed E-state index contributed by atoms with van der Waals surface area (Å²) in [5, 5.41) is 8.83. The second-order valence-corrected chi connectivity index (χ2v) is 6.70. The molecule has 0 radical (unpaired) electrons. The van der Waals surface area contributed by atoms with Crippen LogP contribution in [0.5, 0.6) is 0 Å². The van der Waals surface area contributed by atoms with Crippen molar-refractivity contribution < 1.29 is 4.39 Å². The maximum Gasteiger partial charge on any atom is 0.147 e. The lowest BCUT2D eigenvalue weighted by Crippen LogP contribution is -2.52. The number of likely N-dealkylation sites (N-methyl/N-ethyl adjacent to an activating group) is 1. The highest BCUT2D eigenvalue weighted by atomic mass is 19.1. The predicted octanol–water partition coefficient (Wildman–Crippen LogP) is 2.30. The summed E-state index contributed by atoms with van der Waals surface area (Å²) in [6.45, 7) is 5.98. The van der Waals surface area contributed by atoms with Crippen LogP contribution in [-0.4, -0.2) is 62.2 Å². The monoisotopic (exact) mass is 316 g/mol. The Morgan fingerprint density at radius 2 is 1.96 bits per heavy atom. The van der Waals surface area contributed by atoms with Crippen LogP contribution in [0.4, 0.5) is 10.1 Å². The van der Waals surface area contributed by atoms with E-state index >= 15 is 0 Å². The molecule has 2 aliphatic heterocycles. The average Bonchev–Trinajstić information content (AvgIpc) is 2.58. The highest BCUT2D eigenvalue weighted by molar-refractivity contribution is 5.51. The SMILES string of the molecule is CN1CCCC[C@@H]1CN1CCN(c2ccc(C#N)cc2F)CC1. The van der Waals surface area contributed by atoms with Gasteiger partial charge in [-0.15, -0.1) is 0 Å². The standard InChI is InChI=1S/C18H25FN4/c1-21-7-3-2-4-16(21)14-22-8-10-23(11-9-22)18-6-5-15(13-20)12-17(18)19/h5-6,12,16H,2-4,7-11,14H2,1H3/t16-/m1/s1. The molecule has 0 N–H and O–H groups in total. The van der Waals surface area contributed by atoms with E-state index in [1.54, 1.807) is 12.1 Å². The summed E-state index contributed by atoms with van der Waals surface area (Å²) in [6, 6.07) is 7.41. The zero-order valence-corrected chi connectivity index (χ0v) is 13.8. The average molecular weight is 316 g/mol. The highest BCUT2D eigenvalue weighted by Gasteiger charge is 2.25. The van der Waals surface area contributed by atoms with Crippen LogP contribution in [0.3, 0.4) is 0 Å². The number of hydrogen-bond donors (Lipinski definition) is 0. The molecule has 2 heterocycles. The number of nitriles is 1. The van der Waals surface area contributed by atoms with Crippen LogP contribution in [0.1, 0.15) is 24.8 Å². The predicted molar refractivity (Wildman–Crippen MR) is 90.0 cm³/mol. The van der Waals surface area contributed by atoms with Crippen LogP contribution in [0.25, 0.3) is 0 Å². The Bertz CT molecular complexity index is 575. The zero-order chi connectivity index (χ0) is 16.2. The van der Waals surface area contributed by atoms with E-state index in [2.05, 4.69) is 21.7 Å². The lowest BCUT2D eigenvalue weighted by Gasteiger charge is -2.40. The molecule has 124 valence electrons. The molecule has 0 aromatic heterocycles. The normalized spacial score (nSPS) is 23.7. The van der Waals surface area contributed by atoms with Gasteiger partial charge in [0.25, 0.3) is 0 Å². The summed E-state index contributed by atoms with van der Waals surface area (Å²) < 4.78 is 14.1. The van der Waals surface area contributed by atoms with Gasteiger partial charge >= 0.3 is 0 Å². The van der Waals surface area contributed by atoms with Gasteiger partial charge in [0.2, 0.25) is 0 Å². The Hall–Kier alpha value is -1.64. The van der Waals surface area contributed by atoms with Crippen molar-refractivity contribution in [1.82, 2.24) is 9.80 Å². The van der Waals surface area contributed by atoms with Gasteiger partial charge in [-0.1, -0.05) is 6.42 Å². The fourth-order valence-electron chi connectivity index (χ4n) is 3.68. The van der Waals surface area contributed by atoms with Crippen LogP contribution in [0.15, 0.2) is 18.2 Å². The highest BCUT2D eigenvalue weighted by Crippen LogP contribution is 2.23. The van der Waals surface area contributed by atoms with E-state index in [-0.39, 0.29) is 5.82 Å². The first-order valence-corrected chi connectivity index (χ1v) is 8.54. The Balaban J connectivity index is 1.55. The van der Waals surface area contributed by atoms with Crippen molar-refractivity contribution in [3.05, 3.63) is 29.6 Å². The number of halogens is 1. The van der Waals surface area contributed by atoms with Crippen molar-refractivity contribution in [3.8, 4) is 6.07 Å². The van der Waals surface area contributed by atoms with Crippen molar-refractivity contribution in [3.63, 3.8) is 0 Å². The topological polar surface area (TPSA) is 33.5 Å². The lowest BCUT2D eigenvalue weighted by atomic mass is 10.0. The van der Waals surface area contributed by atoms with E-state index in [9.17, 15) is 4.39 Å². The first-order chi connectivity index (χ1) is 11.2. The van der Waals surface area contributed by atoms with Crippen molar-refractivity contribution in [1.29, 1.82) is 5.26 Å². The van der Waals surface area contributed by atoms with Crippen LogP contribution in [0.2, 0.25) is 0 Å². The molecule has 0 amide bonds. The summed E-state index contributed by atoms with van der Waals surface area (Å²) in [4.78, 5) is 7.08. The Kier molecular flexibility index (Phi) is 5.14. The van der Waals surface area contributed by atoms with E-state index < -0.39 is 0 Å². The molecule has 0 saturated carbocycles. The molecule has 2 saturated heterocycles. The van der Waals surface area contributed by atoms with Crippen molar-refractivity contribution in [2.75, 3.05) is 51.2 Å². The molecule has 0 spiro atoms. The van der Waals surface area contributed by atoms with E-state index in [1.165, 1.54) is 31.9 Å². The molecule has 0 aliphatic carbocycles. The number of rotatable bonds is 3. The molecule has 1 aromatic carbocycles. The Morgan fingerprint density at radius 1 is 1.17 bits per heavy atom. The summed E-state index contributed by atoms with van der Waals surface area (Å²) in [7, 11) is 2.23. The number of anilines is 1. The van der Waals surface area contributed by atoms with Gasteiger partial charge in [-0.3, -0.25) is 4.90 Å². The maximum atomic E-state index is 14.1. The van der Waals surface area contributed by atoms with Crippen LogP contribution >= 0.6 is 0 Å². The zero-order valence-electron chi connectivity index (χ0n) is 13.8. The first-order valence-electron chi connectivity index (χ1n) is 8.54. The molecule has 1 aromatic rings. The summed E-state index contributed by atoms with van der Waals surface area (Å²) in [5.74, 6) is -0.287. The summed E-state index contributed by atoms with van der Waals surface area (Å²) in [5.41, 5.74) is 1.00. The van der Waals surface area contributed by atoms with Gasteiger partial charge in [-0.05, 0) is 44.6 Å². The quantitative estimate of drug-likeness (QED) is 0.857. The van der Waals surface area contributed by atoms with E-state index in [4.69, 9.17) is 5.26 Å². The van der Waals surface area contributed by atoms with Crippen molar-refractivity contribution >= 4 is 5.69 Å². The molecule has 23 heavy (non-hydrogen) atoms. The van der Waals surface area contributed by atoms with E-state index in [0.717, 1.165) is 32.7 Å². The van der Waals surface area contributed by atoms with Crippen molar-refractivity contribution in [2.24, 2.45) is 0 Å². The molecule has 5 heteroatoms. The molecule has 4 nitrogen and oxygen atoms in total. The number of piperazine rings is 1. The minimum Gasteiger partial charge on any atom is -0.367 e. The number of nitrogens with zero attached hydrogens (tertiary/aromatic N) is 4. The summed E-state index contributed by atoms with van der Waals surface area (Å²) >= 11 is 0. The molecule has 1 atom stereocenters. The molecule has 0 bridgehead atoms. The number of piperidine rings is 1. The molecule has 0 unspecified atom stereocenters. The van der Waals surface area contributed by atoms with Crippen molar-refractivity contribution in [2.45, 2.75) is 25.3 Å². The molecule has 2 aliphatic rings. The molecular formula is C18H25FN4. The third-order valence-corrected chi connectivity index (χ3v) is 5.18. The Labute approximate surface area is 138 Å². The smallest absolute Gasteiger partial charge is 0.147 e. The van der Waals surface area contributed by atoms with Gasteiger partial charge in [-0.25, -0.2) is 4.39 Å². The van der Waals surface area contributed by atoms with Gasteiger partial charge in [-0.2, -0.15) is 5.26 Å². The second-order valence-electron chi connectivity index (χ2n) is 6.70. The van der Waals surface area contributed by atoms with E-state index in [1.807, 2.05) is 6.07 Å². The van der Waals surface area contributed by atoms with Gasteiger partial charge in [0, 0.05) is 38.8 Å². The largest absolute Gasteiger partial charge is 0.367 e. The van der Waals surface area contributed by atoms with Crippen LogP contribution in [-0.2, 0) is 0 Å². The second kappa shape index (κ2) is 7.29. The summed E-state index contributed by atoms with van der Waals surface area (Å²) in [6.07, 6.45) is 3.95. The number of hydrogen-bond acceptors (Lipinski definition) is 4. The maximum absolute atomic E-state index is 14.1. The number of benzene rings is 1. The Morgan fingerprint density at radius 3 is 2.61 bits per heavy atom. The fourth-order valence-corrected chi connectivity index (χ4v) is 3.68. The molecular weight excluding hydrogens is 291 g/mol. The minimum absolute atomic E-state index is 0.287.